The third-order valence-electron chi connectivity index (χ3n) is 4.96. The van der Waals surface area contributed by atoms with Crippen LogP contribution in [0.3, 0.4) is 0 Å². The van der Waals surface area contributed by atoms with Crippen molar-refractivity contribution in [2.45, 2.75) is 90.0 Å². The molecule has 2 rings (SSSR count). The fourth-order valence-corrected chi connectivity index (χ4v) is 3.13. The van der Waals surface area contributed by atoms with Gasteiger partial charge in [0.15, 0.2) is 6.29 Å². The van der Waals surface area contributed by atoms with Gasteiger partial charge in [0, 0.05) is 18.5 Å². The molecule has 1 amide bonds. The number of rotatable bonds is 9. The van der Waals surface area contributed by atoms with Crippen LogP contribution in [-0.2, 0) is 20.7 Å². The van der Waals surface area contributed by atoms with Crippen molar-refractivity contribution in [2.75, 3.05) is 5.32 Å². The number of aliphatic hydroxyl groups is 2. The topological polar surface area (TPSA) is 88.0 Å². The van der Waals surface area contributed by atoms with Crippen LogP contribution in [-0.4, -0.2) is 46.8 Å². The summed E-state index contributed by atoms with van der Waals surface area (Å²) in [5.41, 5.74) is 2.08. The lowest BCUT2D eigenvalue weighted by Gasteiger charge is -2.36. The molecule has 6 heteroatoms. The number of nitrogens with one attached hydrogen (secondary N) is 1. The smallest absolute Gasteiger partial charge is 0.224 e. The number of ether oxygens (including phenoxy) is 2. The number of anilines is 1. The van der Waals surface area contributed by atoms with Gasteiger partial charge >= 0.3 is 0 Å². The maximum absolute atomic E-state index is 12.0. The van der Waals surface area contributed by atoms with Gasteiger partial charge in [0.2, 0.25) is 5.91 Å². The molecular formula is C21H33NO5. The first-order chi connectivity index (χ1) is 12.9. The van der Waals surface area contributed by atoms with Crippen LogP contribution in [0.2, 0.25) is 0 Å². The van der Waals surface area contributed by atoms with Crippen molar-refractivity contribution in [3.63, 3.8) is 0 Å². The van der Waals surface area contributed by atoms with Crippen molar-refractivity contribution < 1.29 is 24.5 Å². The Labute approximate surface area is 161 Å². The van der Waals surface area contributed by atoms with E-state index in [1.807, 2.05) is 31.2 Å². The molecule has 3 N–H and O–H groups in total. The van der Waals surface area contributed by atoms with E-state index in [2.05, 4.69) is 12.2 Å². The number of amides is 1. The van der Waals surface area contributed by atoms with Gasteiger partial charge in [0.05, 0.1) is 18.3 Å². The van der Waals surface area contributed by atoms with Crippen LogP contribution >= 0.6 is 0 Å². The molecule has 1 aromatic rings. The minimum Gasteiger partial charge on any atom is -0.390 e. The van der Waals surface area contributed by atoms with Gasteiger partial charge in [-0.05, 0) is 50.8 Å². The Balaban J connectivity index is 1.61. The number of carbonyl (C=O) groups is 1. The van der Waals surface area contributed by atoms with E-state index in [0.717, 1.165) is 31.4 Å². The Morgan fingerprint density at radius 3 is 2.63 bits per heavy atom. The lowest BCUT2D eigenvalue weighted by molar-refractivity contribution is -0.273. The predicted octanol–water partition coefficient (Wildman–Crippen LogP) is 3.01. The summed E-state index contributed by atoms with van der Waals surface area (Å²) in [5.74, 6) is 0.0154. The van der Waals surface area contributed by atoms with Crippen LogP contribution in [0.4, 0.5) is 5.69 Å². The fraction of sp³-hybridized carbons (Fsp3) is 0.667. The maximum atomic E-state index is 12.0. The minimum absolute atomic E-state index is 0.0154. The van der Waals surface area contributed by atoms with E-state index in [1.165, 1.54) is 5.56 Å². The Morgan fingerprint density at radius 1 is 1.26 bits per heavy atom. The van der Waals surface area contributed by atoms with Crippen molar-refractivity contribution in [2.24, 2.45) is 0 Å². The van der Waals surface area contributed by atoms with E-state index in [0.29, 0.717) is 6.42 Å². The summed E-state index contributed by atoms with van der Waals surface area (Å²) in [4.78, 5) is 12.0. The first kappa shape index (κ1) is 21.8. The van der Waals surface area contributed by atoms with Gasteiger partial charge < -0.3 is 25.0 Å². The molecule has 0 aliphatic carbocycles. The van der Waals surface area contributed by atoms with Crippen LogP contribution in [0, 0.1) is 0 Å². The number of aliphatic hydroxyl groups excluding tert-OH is 2. The summed E-state index contributed by atoms with van der Waals surface area (Å²) >= 11 is 0. The monoisotopic (exact) mass is 379 g/mol. The van der Waals surface area contributed by atoms with E-state index in [1.54, 1.807) is 6.92 Å². The van der Waals surface area contributed by atoms with Crippen LogP contribution in [0.25, 0.3) is 0 Å². The molecule has 5 atom stereocenters. The highest BCUT2D eigenvalue weighted by molar-refractivity contribution is 5.90. The first-order valence-corrected chi connectivity index (χ1v) is 9.95. The van der Waals surface area contributed by atoms with Crippen molar-refractivity contribution in [3.05, 3.63) is 29.8 Å². The molecule has 0 bridgehead atoms. The molecule has 0 radical (unpaired) electrons. The minimum atomic E-state index is -0.816. The van der Waals surface area contributed by atoms with Gasteiger partial charge in [-0.1, -0.05) is 25.5 Å². The van der Waals surface area contributed by atoms with Crippen molar-refractivity contribution in [1.29, 1.82) is 0 Å². The molecule has 0 spiro atoms. The van der Waals surface area contributed by atoms with Crippen molar-refractivity contribution >= 4 is 11.6 Å². The molecule has 27 heavy (non-hydrogen) atoms. The highest BCUT2D eigenvalue weighted by Gasteiger charge is 2.35. The molecule has 0 aromatic heterocycles. The zero-order chi connectivity index (χ0) is 19.8. The van der Waals surface area contributed by atoms with Gasteiger partial charge in [-0.15, -0.1) is 0 Å². The zero-order valence-electron chi connectivity index (χ0n) is 16.6. The number of carbonyl (C=O) groups excluding carboxylic acids is 1. The van der Waals surface area contributed by atoms with Crippen molar-refractivity contribution in [1.82, 2.24) is 0 Å². The lowest BCUT2D eigenvalue weighted by atomic mass is 10.0. The third kappa shape index (κ3) is 7.22. The highest BCUT2D eigenvalue weighted by Crippen LogP contribution is 2.23. The third-order valence-corrected chi connectivity index (χ3v) is 4.96. The number of benzene rings is 1. The summed E-state index contributed by atoms with van der Waals surface area (Å²) in [7, 11) is 0. The standard InChI is InChI=1S/C21H33NO5/c1-4-16-9-11-17(12-10-16)22-20(25)8-6-5-7-14(2)26-21-19(24)13-18(23)15(3)27-21/h9-12,14-15,18-19,21,23-24H,4-8,13H2,1-3H3,(H,22,25)/t14-,15+,18-,19-,21-/m1/s1. The van der Waals surface area contributed by atoms with Gasteiger partial charge in [-0.2, -0.15) is 0 Å². The van der Waals surface area contributed by atoms with E-state index in [9.17, 15) is 15.0 Å². The summed E-state index contributed by atoms with van der Waals surface area (Å²) < 4.78 is 11.3. The van der Waals surface area contributed by atoms with Crippen LogP contribution < -0.4 is 5.32 Å². The van der Waals surface area contributed by atoms with Crippen molar-refractivity contribution in [3.8, 4) is 0 Å². The summed E-state index contributed by atoms with van der Waals surface area (Å²) in [6.45, 7) is 5.80. The van der Waals surface area contributed by atoms with E-state index in [-0.39, 0.29) is 24.5 Å². The van der Waals surface area contributed by atoms with Gasteiger partial charge in [-0.3, -0.25) is 4.79 Å². The summed E-state index contributed by atoms with van der Waals surface area (Å²) in [6.07, 6.45) is 1.51. The highest BCUT2D eigenvalue weighted by atomic mass is 16.7. The molecule has 1 aromatic carbocycles. The van der Waals surface area contributed by atoms with Gasteiger partial charge in [0.1, 0.15) is 6.10 Å². The van der Waals surface area contributed by atoms with Crippen LogP contribution in [0.1, 0.15) is 58.4 Å². The molecule has 1 aliphatic rings. The van der Waals surface area contributed by atoms with Crippen LogP contribution in [0.15, 0.2) is 24.3 Å². The molecule has 1 saturated heterocycles. The maximum Gasteiger partial charge on any atom is 0.224 e. The first-order valence-electron chi connectivity index (χ1n) is 9.95. The molecular weight excluding hydrogens is 346 g/mol. The van der Waals surface area contributed by atoms with E-state index >= 15 is 0 Å². The lowest BCUT2D eigenvalue weighted by Crippen LogP contribution is -2.48. The molecule has 1 aliphatic heterocycles. The number of aryl methyl sites for hydroxylation is 1. The Hall–Kier alpha value is -1.47. The molecule has 6 nitrogen and oxygen atoms in total. The average Bonchev–Trinajstić information content (AvgIpc) is 2.64. The normalized spacial score (nSPS) is 26.6. The second-order valence-corrected chi connectivity index (χ2v) is 7.37. The second-order valence-electron chi connectivity index (χ2n) is 7.37. The Bertz CT molecular complexity index is 576. The zero-order valence-corrected chi connectivity index (χ0v) is 16.6. The fourth-order valence-electron chi connectivity index (χ4n) is 3.13. The molecule has 0 unspecified atom stereocenters. The number of hydrogen-bond acceptors (Lipinski definition) is 5. The Kier molecular flexibility index (Phi) is 8.70. The SMILES string of the molecule is CCc1ccc(NC(=O)CCCC[C@@H](C)O[C@@H]2O[C@@H](C)[C@H](O)C[C@H]2O)cc1. The quantitative estimate of drug-likeness (QED) is 0.574. The molecule has 1 heterocycles. The molecule has 152 valence electrons. The van der Waals surface area contributed by atoms with E-state index < -0.39 is 18.5 Å². The average molecular weight is 379 g/mol. The largest absolute Gasteiger partial charge is 0.390 e. The van der Waals surface area contributed by atoms with Gasteiger partial charge in [0.25, 0.3) is 0 Å². The number of hydrogen-bond donors (Lipinski definition) is 3. The van der Waals surface area contributed by atoms with Crippen LogP contribution in [0.5, 0.6) is 0 Å². The molecule has 0 saturated carbocycles. The second kappa shape index (κ2) is 10.8. The predicted molar refractivity (Wildman–Crippen MR) is 104 cm³/mol. The number of unbranched alkanes of at least 4 members (excludes halogenated alkanes) is 1. The molecule has 1 fully saturated rings. The summed E-state index contributed by atoms with van der Waals surface area (Å²) in [5, 5.41) is 22.6. The summed E-state index contributed by atoms with van der Waals surface area (Å²) in [6, 6.07) is 7.91. The van der Waals surface area contributed by atoms with E-state index in [4.69, 9.17) is 9.47 Å². The van der Waals surface area contributed by atoms with Gasteiger partial charge in [-0.25, -0.2) is 0 Å². The Morgan fingerprint density at radius 2 is 1.96 bits per heavy atom.